The van der Waals surface area contributed by atoms with Crippen LogP contribution in [0.5, 0.6) is 0 Å². The van der Waals surface area contributed by atoms with Crippen molar-refractivity contribution in [3.05, 3.63) is 36.0 Å². The number of anilines is 1. The highest BCUT2D eigenvalue weighted by Crippen LogP contribution is 2.18. The molecule has 0 amide bonds. The second-order valence-corrected chi connectivity index (χ2v) is 6.16. The van der Waals surface area contributed by atoms with Gasteiger partial charge in [0.15, 0.2) is 0 Å². The molecule has 0 fully saturated rings. The minimum Gasteiger partial charge on any atom is -0.395 e. The van der Waals surface area contributed by atoms with Crippen LogP contribution in [0.1, 0.15) is 12.0 Å². The fraction of sp³-hybridized carbons (Fsp3) is 0.167. The fourth-order valence-corrected chi connectivity index (χ4v) is 3.09. The Kier molecular flexibility index (Phi) is 4.68. The van der Waals surface area contributed by atoms with Gasteiger partial charge in [-0.1, -0.05) is 22.4 Å². The summed E-state index contributed by atoms with van der Waals surface area (Å²) >= 11 is 0.958. The molecule has 104 valence electrons. The van der Waals surface area contributed by atoms with Crippen LogP contribution in [0.4, 0.5) is 5.00 Å². The van der Waals surface area contributed by atoms with Crippen LogP contribution < -0.4 is 4.72 Å². The van der Waals surface area contributed by atoms with Crippen molar-refractivity contribution in [1.29, 1.82) is 0 Å². The molecule has 2 aromatic rings. The molecule has 2 rings (SSSR count). The second kappa shape index (κ2) is 6.47. The average Bonchev–Trinajstić information content (AvgIpc) is 2.92. The highest BCUT2D eigenvalue weighted by molar-refractivity contribution is 7.93. The van der Waals surface area contributed by atoms with Gasteiger partial charge in [-0.05, 0) is 18.2 Å². The van der Waals surface area contributed by atoms with Gasteiger partial charge in [-0.15, -0.1) is 5.10 Å². The fourth-order valence-electron chi connectivity index (χ4n) is 1.36. The van der Waals surface area contributed by atoms with E-state index < -0.39 is 10.0 Å². The number of aromatic nitrogens is 2. The quantitative estimate of drug-likeness (QED) is 0.824. The molecule has 0 saturated heterocycles. The van der Waals surface area contributed by atoms with Crippen molar-refractivity contribution in [2.24, 2.45) is 0 Å². The zero-order chi connectivity index (χ0) is 14.4. The van der Waals surface area contributed by atoms with Crippen LogP contribution in [0, 0.1) is 11.8 Å². The van der Waals surface area contributed by atoms with Crippen molar-refractivity contribution in [2.45, 2.75) is 11.3 Å². The minimum absolute atomic E-state index is 0.0229. The number of hydrogen-bond acceptors (Lipinski definition) is 6. The molecule has 8 heteroatoms. The minimum atomic E-state index is -3.67. The molecule has 0 atom stereocenters. The monoisotopic (exact) mass is 309 g/mol. The molecule has 1 aromatic carbocycles. The Morgan fingerprint density at radius 2 is 2.25 bits per heavy atom. The number of benzene rings is 1. The number of nitrogens with zero attached hydrogens (tertiary/aromatic N) is 2. The largest absolute Gasteiger partial charge is 0.395 e. The van der Waals surface area contributed by atoms with Crippen LogP contribution in [-0.2, 0) is 10.0 Å². The maximum atomic E-state index is 12.1. The SMILES string of the molecule is O=S(=O)(Nc1cnns1)c1cccc(C#CCCO)c1. The van der Waals surface area contributed by atoms with Crippen molar-refractivity contribution >= 4 is 26.6 Å². The van der Waals surface area contributed by atoms with Crippen molar-refractivity contribution in [1.82, 2.24) is 9.59 Å². The van der Waals surface area contributed by atoms with Crippen LogP contribution in [-0.4, -0.2) is 29.7 Å². The van der Waals surface area contributed by atoms with E-state index in [1.165, 1.54) is 18.3 Å². The van der Waals surface area contributed by atoms with Crippen molar-refractivity contribution in [3.8, 4) is 11.8 Å². The first-order valence-electron chi connectivity index (χ1n) is 5.62. The van der Waals surface area contributed by atoms with Crippen LogP contribution in [0.2, 0.25) is 0 Å². The van der Waals surface area contributed by atoms with Gasteiger partial charge in [0.2, 0.25) is 0 Å². The summed E-state index contributed by atoms with van der Waals surface area (Å²) in [5.74, 6) is 5.54. The normalized spacial score (nSPS) is 10.7. The van der Waals surface area contributed by atoms with E-state index in [-0.39, 0.29) is 11.5 Å². The lowest BCUT2D eigenvalue weighted by atomic mass is 10.2. The Bertz CT molecular complexity index is 731. The van der Waals surface area contributed by atoms with E-state index in [1.807, 2.05) is 0 Å². The van der Waals surface area contributed by atoms with Gasteiger partial charge >= 0.3 is 0 Å². The van der Waals surface area contributed by atoms with Gasteiger partial charge in [0.25, 0.3) is 10.0 Å². The molecule has 20 heavy (non-hydrogen) atoms. The number of rotatable bonds is 4. The summed E-state index contributed by atoms with van der Waals surface area (Å²) in [6.45, 7) is -0.0229. The Hall–Kier alpha value is -1.95. The Morgan fingerprint density at radius 1 is 1.40 bits per heavy atom. The van der Waals surface area contributed by atoms with Gasteiger partial charge in [0.1, 0.15) is 5.00 Å². The smallest absolute Gasteiger partial charge is 0.262 e. The lowest BCUT2D eigenvalue weighted by Gasteiger charge is -2.05. The summed E-state index contributed by atoms with van der Waals surface area (Å²) in [4.78, 5) is 0.113. The zero-order valence-electron chi connectivity index (χ0n) is 10.3. The highest BCUT2D eigenvalue weighted by Gasteiger charge is 2.15. The molecule has 0 saturated carbocycles. The van der Waals surface area contributed by atoms with E-state index in [9.17, 15) is 8.42 Å². The molecule has 0 spiro atoms. The third kappa shape index (κ3) is 3.77. The van der Waals surface area contributed by atoms with E-state index in [0.29, 0.717) is 17.0 Å². The molecule has 0 bridgehead atoms. The van der Waals surface area contributed by atoms with Gasteiger partial charge in [-0.2, -0.15) is 0 Å². The van der Waals surface area contributed by atoms with Crippen LogP contribution in [0.3, 0.4) is 0 Å². The highest BCUT2D eigenvalue weighted by atomic mass is 32.2. The number of hydrogen-bond donors (Lipinski definition) is 2. The third-order valence-electron chi connectivity index (χ3n) is 2.21. The van der Waals surface area contributed by atoms with Gasteiger partial charge < -0.3 is 5.11 Å². The Labute approximate surface area is 120 Å². The first-order chi connectivity index (χ1) is 9.62. The predicted octanol–water partition coefficient (Wildman–Crippen LogP) is 1.07. The topological polar surface area (TPSA) is 92.2 Å². The maximum absolute atomic E-state index is 12.1. The predicted molar refractivity (Wildman–Crippen MR) is 75.7 cm³/mol. The van der Waals surface area contributed by atoms with E-state index >= 15 is 0 Å². The summed E-state index contributed by atoms with van der Waals surface area (Å²) in [5.41, 5.74) is 0.573. The molecule has 6 nitrogen and oxygen atoms in total. The molecule has 0 aliphatic heterocycles. The molecule has 2 N–H and O–H groups in total. The van der Waals surface area contributed by atoms with Gasteiger partial charge in [-0.3, -0.25) is 4.72 Å². The van der Waals surface area contributed by atoms with Crippen LogP contribution >= 0.6 is 11.5 Å². The van der Waals surface area contributed by atoms with E-state index in [2.05, 4.69) is 26.1 Å². The Balaban J connectivity index is 2.24. The van der Waals surface area contributed by atoms with Crippen LogP contribution in [0.25, 0.3) is 0 Å². The van der Waals surface area contributed by atoms with Gasteiger partial charge in [-0.25, -0.2) is 8.42 Å². The number of aliphatic hydroxyl groups is 1. The van der Waals surface area contributed by atoms with Gasteiger partial charge in [0, 0.05) is 23.5 Å². The second-order valence-electron chi connectivity index (χ2n) is 3.69. The molecule has 0 radical (unpaired) electrons. The number of nitrogens with one attached hydrogen (secondary N) is 1. The molecule has 0 aliphatic carbocycles. The van der Waals surface area contributed by atoms with Crippen molar-refractivity contribution < 1.29 is 13.5 Å². The van der Waals surface area contributed by atoms with E-state index in [1.54, 1.807) is 12.1 Å². The Morgan fingerprint density at radius 3 is 2.95 bits per heavy atom. The molecule has 1 aromatic heterocycles. The summed E-state index contributed by atoms with van der Waals surface area (Å²) in [7, 11) is -3.67. The number of aliphatic hydroxyl groups excluding tert-OH is 1. The molecule has 1 heterocycles. The molecule has 0 unspecified atom stereocenters. The van der Waals surface area contributed by atoms with Crippen LogP contribution in [0.15, 0.2) is 35.4 Å². The standard InChI is InChI=1S/C12H11N3O3S2/c16-7-2-1-4-10-5-3-6-11(8-10)20(17,18)14-12-9-13-15-19-12/h3,5-6,8-9,14,16H,2,7H2. The first-order valence-corrected chi connectivity index (χ1v) is 7.87. The molecule has 0 aliphatic rings. The summed E-state index contributed by atoms with van der Waals surface area (Å²) in [6.07, 6.45) is 1.69. The maximum Gasteiger partial charge on any atom is 0.262 e. The summed E-state index contributed by atoms with van der Waals surface area (Å²) < 4.78 is 30.2. The van der Waals surface area contributed by atoms with E-state index in [4.69, 9.17) is 5.11 Å². The summed E-state index contributed by atoms with van der Waals surface area (Å²) in [5, 5.41) is 12.6. The lowest BCUT2D eigenvalue weighted by Crippen LogP contribution is -2.12. The number of sulfonamides is 1. The molecular formula is C12H11N3O3S2. The van der Waals surface area contributed by atoms with E-state index in [0.717, 1.165) is 11.5 Å². The lowest BCUT2D eigenvalue weighted by molar-refractivity contribution is 0.305. The summed E-state index contributed by atoms with van der Waals surface area (Å²) in [6, 6.07) is 6.27. The average molecular weight is 309 g/mol. The van der Waals surface area contributed by atoms with Gasteiger partial charge in [0.05, 0.1) is 17.7 Å². The molecular weight excluding hydrogens is 298 g/mol. The van der Waals surface area contributed by atoms with Crippen molar-refractivity contribution in [3.63, 3.8) is 0 Å². The third-order valence-corrected chi connectivity index (χ3v) is 4.28. The first kappa shape index (κ1) is 14.5. The van der Waals surface area contributed by atoms with Crippen molar-refractivity contribution in [2.75, 3.05) is 11.3 Å². The zero-order valence-corrected chi connectivity index (χ0v) is 11.9.